The van der Waals surface area contributed by atoms with Crippen molar-refractivity contribution < 1.29 is 17.6 Å². The van der Waals surface area contributed by atoms with Gasteiger partial charge >= 0.3 is 11.8 Å². The second kappa shape index (κ2) is 4.80. The van der Waals surface area contributed by atoms with Crippen LogP contribution in [-0.2, 0) is 6.18 Å². The number of nitrogens with zero attached hydrogens (tertiary/aromatic N) is 1. The van der Waals surface area contributed by atoms with E-state index in [1.165, 1.54) is 18.2 Å². The molecule has 24 heavy (non-hydrogen) atoms. The molecule has 0 aliphatic rings. The maximum Gasteiger partial charge on any atom is 0.417 e. The number of benzene rings is 2. The molecule has 0 unspecified atom stereocenters. The number of halogens is 3. The number of hydrogen-bond acceptors (Lipinski definition) is 3. The van der Waals surface area contributed by atoms with Crippen molar-refractivity contribution in [3.8, 4) is 0 Å². The van der Waals surface area contributed by atoms with Crippen LogP contribution < -0.4 is 5.63 Å². The summed E-state index contributed by atoms with van der Waals surface area (Å²) >= 11 is 0. The first kappa shape index (κ1) is 14.7. The Labute approximate surface area is 133 Å². The van der Waals surface area contributed by atoms with E-state index in [1.54, 1.807) is 31.2 Å². The summed E-state index contributed by atoms with van der Waals surface area (Å²) in [4.78, 5) is 16.6. The fourth-order valence-corrected chi connectivity index (χ4v) is 2.97. The number of pyridine rings is 1. The summed E-state index contributed by atoms with van der Waals surface area (Å²) in [7, 11) is 0. The molecule has 0 aliphatic carbocycles. The molecular weight excluding hydrogens is 319 g/mol. The minimum Gasteiger partial charge on any atom is -0.422 e. The molecule has 2 heterocycles. The smallest absolute Gasteiger partial charge is 0.417 e. The predicted molar refractivity (Wildman–Crippen MR) is 85.0 cm³/mol. The van der Waals surface area contributed by atoms with Crippen LogP contribution >= 0.6 is 0 Å². The van der Waals surface area contributed by atoms with Gasteiger partial charge in [0.1, 0.15) is 5.58 Å². The number of aryl methyl sites for hydroxylation is 1. The van der Waals surface area contributed by atoms with E-state index in [9.17, 15) is 18.0 Å². The highest BCUT2D eigenvalue weighted by Crippen LogP contribution is 2.39. The van der Waals surface area contributed by atoms with Gasteiger partial charge < -0.3 is 4.42 Å². The van der Waals surface area contributed by atoms with E-state index in [2.05, 4.69) is 4.98 Å². The second-order valence-corrected chi connectivity index (χ2v) is 5.61. The van der Waals surface area contributed by atoms with Crippen LogP contribution in [0, 0.1) is 6.92 Å². The molecule has 6 heteroatoms. The minimum absolute atomic E-state index is 0.00512. The zero-order chi connectivity index (χ0) is 17.1. The highest BCUT2D eigenvalue weighted by molar-refractivity contribution is 6.08. The van der Waals surface area contributed by atoms with Gasteiger partial charge in [0.15, 0.2) is 0 Å². The summed E-state index contributed by atoms with van der Waals surface area (Å²) in [6.45, 7) is 1.69. The Morgan fingerprint density at radius 3 is 2.54 bits per heavy atom. The largest absolute Gasteiger partial charge is 0.422 e. The molecule has 120 valence electrons. The quantitative estimate of drug-likeness (QED) is 0.264. The Hall–Kier alpha value is -2.89. The fourth-order valence-electron chi connectivity index (χ4n) is 2.97. The molecule has 0 radical (unpaired) electrons. The topological polar surface area (TPSA) is 43.1 Å². The molecule has 4 aromatic rings. The summed E-state index contributed by atoms with van der Waals surface area (Å²) in [5, 5.41) is -0.253. The van der Waals surface area contributed by atoms with Crippen LogP contribution in [-0.4, -0.2) is 4.98 Å². The standard InChI is InChI=1S/C18H10F3NO2/c1-9-6-7-12-11(8-9)15(18(19,20)21)14-16(22-12)10-4-2-3-5-13(10)24-17(14)23/h2-8H,1H3. The third kappa shape index (κ3) is 2.06. The maximum absolute atomic E-state index is 13.8. The van der Waals surface area contributed by atoms with Gasteiger partial charge in [0.2, 0.25) is 0 Å². The van der Waals surface area contributed by atoms with Gasteiger partial charge in [-0.1, -0.05) is 23.8 Å². The molecule has 0 fully saturated rings. The highest BCUT2D eigenvalue weighted by atomic mass is 19.4. The molecule has 0 atom stereocenters. The predicted octanol–water partition coefficient (Wildman–Crippen LogP) is 4.82. The van der Waals surface area contributed by atoms with E-state index < -0.39 is 22.8 Å². The van der Waals surface area contributed by atoms with E-state index in [0.717, 1.165) is 0 Å². The molecule has 3 nitrogen and oxygen atoms in total. The number of hydrogen-bond donors (Lipinski definition) is 0. The molecule has 0 N–H and O–H groups in total. The Balaban J connectivity index is 2.38. The summed E-state index contributed by atoms with van der Waals surface area (Å²) in [5.41, 5.74) is -0.972. The summed E-state index contributed by atoms with van der Waals surface area (Å²) in [6.07, 6.45) is -4.70. The number of alkyl halides is 3. The summed E-state index contributed by atoms with van der Waals surface area (Å²) < 4.78 is 46.3. The van der Waals surface area contributed by atoms with E-state index in [0.29, 0.717) is 10.9 Å². The lowest BCUT2D eigenvalue weighted by Gasteiger charge is -2.14. The van der Waals surface area contributed by atoms with Crippen molar-refractivity contribution in [2.75, 3.05) is 0 Å². The van der Waals surface area contributed by atoms with Gasteiger partial charge in [0.05, 0.1) is 22.0 Å². The molecule has 0 saturated carbocycles. The van der Waals surface area contributed by atoms with Crippen molar-refractivity contribution in [2.24, 2.45) is 0 Å². The minimum atomic E-state index is -4.70. The van der Waals surface area contributed by atoms with Gasteiger partial charge in [-0.3, -0.25) is 0 Å². The third-order valence-corrected chi connectivity index (χ3v) is 3.97. The molecule has 0 aliphatic heterocycles. The van der Waals surface area contributed by atoms with Crippen LogP contribution in [0.1, 0.15) is 11.1 Å². The lowest BCUT2D eigenvalue weighted by Crippen LogP contribution is -2.14. The molecule has 0 bridgehead atoms. The van der Waals surface area contributed by atoms with E-state index in [4.69, 9.17) is 4.42 Å². The average molecular weight is 329 g/mol. The number of para-hydroxylation sites is 1. The molecule has 0 spiro atoms. The molecule has 0 amide bonds. The maximum atomic E-state index is 13.8. The Morgan fingerprint density at radius 2 is 1.79 bits per heavy atom. The lowest BCUT2D eigenvalue weighted by molar-refractivity contribution is -0.135. The fraction of sp³-hybridized carbons (Fsp3) is 0.111. The molecule has 2 aromatic carbocycles. The molecule has 2 aromatic heterocycles. The lowest BCUT2D eigenvalue weighted by atomic mass is 10.0. The summed E-state index contributed by atoms with van der Waals surface area (Å²) in [5.74, 6) is 0. The van der Waals surface area contributed by atoms with Gasteiger partial charge in [-0.25, -0.2) is 9.78 Å². The monoisotopic (exact) mass is 329 g/mol. The van der Waals surface area contributed by atoms with Crippen molar-refractivity contribution >= 4 is 32.8 Å². The SMILES string of the molecule is Cc1ccc2nc3c(c(C(F)(F)F)c2c1)c(=O)oc1ccccc13. The van der Waals surface area contributed by atoms with Gasteiger partial charge in [-0.15, -0.1) is 0 Å². The Morgan fingerprint density at radius 1 is 1.04 bits per heavy atom. The number of fused-ring (bicyclic) bond motifs is 4. The average Bonchev–Trinajstić information content (AvgIpc) is 2.52. The Kier molecular flexibility index (Phi) is 2.94. The van der Waals surface area contributed by atoms with Gasteiger partial charge in [0, 0.05) is 10.8 Å². The molecule has 4 rings (SSSR count). The highest BCUT2D eigenvalue weighted by Gasteiger charge is 2.37. The third-order valence-electron chi connectivity index (χ3n) is 3.97. The number of rotatable bonds is 0. The normalized spacial score (nSPS) is 12.3. The molecule has 0 saturated heterocycles. The van der Waals surface area contributed by atoms with E-state index in [1.807, 2.05) is 0 Å². The van der Waals surface area contributed by atoms with Crippen LogP contribution in [0.5, 0.6) is 0 Å². The van der Waals surface area contributed by atoms with Crippen LogP contribution in [0.3, 0.4) is 0 Å². The Bertz CT molecular complexity index is 1180. The van der Waals surface area contributed by atoms with Gasteiger partial charge in [-0.05, 0) is 31.2 Å². The van der Waals surface area contributed by atoms with E-state index in [-0.39, 0.29) is 22.0 Å². The van der Waals surface area contributed by atoms with Crippen molar-refractivity contribution in [1.29, 1.82) is 0 Å². The first-order valence-electron chi connectivity index (χ1n) is 7.19. The zero-order valence-corrected chi connectivity index (χ0v) is 12.4. The van der Waals surface area contributed by atoms with Crippen LogP contribution in [0.15, 0.2) is 51.7 Å². The van der Waals surface area contributed by atoms with Crippen LogP contribution in [0.25, 0.3) is 32.8 Å². The second-order valence-electron chi connectivity index (χ2n) is 5.61. The molecular formula is C18H10F3NO2. The zero-order valence-electron chi connectivity index (χ0n) is 12.4. The van der Waals surface area contributed by atoms with Crippen LogP contribution in [0.4, 0.5) is 13.2 Å². The van der Waals surface area contributed by atoms with Crippen molar-refractivity contribution in [3.63, 3.8) is 0 Å². The van der Waals surface area contributed by atoms with Crippen molar-refractivity contribution in [3.05, 3.63) is 64.0 Å². The first-order valence-corrected chi connectivity index (χ1v) is 7.19. The number of aromatic nitrogens is 1. The van der Waals surface area contributed by atoms with Crippen molar-refractivity contribution in [1.82, 2.24) is 4.98 Å². The summed E-state index contributed by atoms with van der Waals surface area (Å²) in [6, 6.07) is 11.0. The van der Waals surface area contributed by atoms with Crippen LogP contribution in [0.2, 0.25) is 0 Å². The van der Waals surface area contributed by atoms with E-state index >= 15 is 0 Å². The van der Waals surface area contributed by atoms with Gasteiger partial charge in [-0.2, -0.15) is 13.2 Å². The van der Waals surface area contributed by atoms with Crippen molar-refractivity contribution in [2.45, 2.75) is 13.1 Å². The first-order chi connectivity index (χ1) is 11.4. The van der Waals surface area contributed by atoms with Gasteiger partial charge in [0.25, 0.3) is 0 Å².